The van der Waals surface area contributed by atoms with E-state index in [2.05, 4.69) is 4.90 Å². The van der Waals surface area contributed by atoms with E-state index in [0.29, 0.717) is 5.56 Å². The summed E-state index contributed by atoms with van der Waals surface area (Å²) in [5, 5.41) is 17.8. The Kier molecular flexibility index (Phi) is 3.64. The van der Waals surface area contributed by atoms with Gasteiger partial charge < -0.3 is 15.1 Å². The van der Waals surface area contributed by atoms with Gasteiger partial charge in [-0.05, 0) is 43.0 Å². The van der Waals surface area contributed by atoms with Gasteiger partial charge >= 0.3 is 5.97 Å². The molecule has 0 atom stereocenters. The van der Waals surface area contributed by atoms with Gasteiger partial charge in [-0.1, -0.05) is 0 Å². The Morgan fingerprint density at radius 3 is 2.94 bits per heavy atom. The summed E-state index contributed by atoms with van der Waals surface area (Å²) < 4.78 is 0. The lowest BCUT2D eigenvalue weighted by Gasteiger charge is -2.31. The first-order valence-corrected chi connectivity index (χ1v) is 5.94. The summed E-state index contributed by atoms with van der Waals surface area (Å²) in [5.74, 6) is -0.875. The van der Waals surface area contributed by atoms with Crippen molar-refractivity contribution in [3.8, 4) is 0 Å². The molecule has 1 aromatic carbocycles. The van der Waals surface area contributed by atoms with Crippen LogP contribution in [0.25, 0.3) is 0 Å². The fourth-order valence-electron chi connectivity index (χ4n) is 2.30. The Hall–Kier alpha value is -1.55. The van der Waals surface area contributed by atoms with E-state index in [1.165, 1.54) is 0 Å². The molecule has 0 radical (unpaired) electrons. The zero-order valence-electron chi connectivity index (χ0n) is 9.72. The van der Waals surface area contributed by atoms with Crippen LogP contribution in [0.2, 0.25) is 0 Å². The summed E-state index contributed by atoms with van der Waals surface area (Å²) in [6.07, 6.45) is 2.73. The molecule has 4 nitrogen and oxygen atoms in total. The van der Waals surface area contributed by atoms with E-state index >= 15 is 0 Å². The van der Waals surface area contributed by atoms with E-state index in [9.17, 15) is 4.79 Å². The van der Waals surface area contributed by atoms with Crippen molar-refractivity contribution < 1.29 is 15.0 Å². The normalized spacial score (nSPS) is 14.5. The van der Waals surface area contributed by atoms with Crippen LogP contribution in [0.3, 0.4) is 0 Å². The minimum atomic E-state index is -0.875. The molecular weight excluding hydrogens is 218 g/mol. The molecule has 0 amide bonds. The number of carboxylic acid groups (broad SMARTS) is 1. The maximum atomic E-state index is 10.9. The van der Waals surface area contributed by atoms with Crippen molar-refractivity contribution in [2.75, 3.05) is 24.6 Å². The predicted molar refractivity (Wildman–Crippen MR) is 65.6 cm³/mol. The molecule has 0 aliphatic carbocycles. The van der Waals surface area contributed by atoms with Crippen LogP contribution in [-0.2, 0) is 6.42 Å². The third-order valence-corrected chi connectivity index (χ3v) is 3.13. The van der Waals surface area contributed by atoms with Gasteiger partial charge in [0.2, 0.25) is 0 Å². The molecule has 1 heterocycles. The maximum Gasteiger partial charge on any atom is 0.335 e. The number of benzene rings is 1. The third-order valence-electron chi connectivity index (χ3n) is 3.13. The first-order chi connectivity index (χ1) is 8.22. The van der Waals surface area contributed by atoms with Crippen molar-refractivity contribution in [3.63, 3.8) is 0 Å². The number of hydrogen-bond donors (Lipinski definition) is 2. The van der Waals surface area contributed by atoms with Gasteiger partial charge in [-0.25, -0.2) is 4.79 Å². The van der Waals surface area contributed by atoms with Crippen LogP contribution in [0, 0.1) is 0 Å². The number of anilines is 1. The largest absolute Gasteiger partial charge is 0.478 e. The van der Waals surface area contributed by atoms with Crippen molar-refractivity contribution in [1.29, 1.82) is 0 Å². The third kappa shape index (κ3) is 2.58. The molecule has 0 saturated heterocycles. The number of nitrogens with zero attached hydrogens (tertiary/aromatic N) is 1. The molecule has 0 saturated carbocycles. The topological polar surface area (TPSA) is 60.8 Å². The average molecular weight is 235 g/mol. The number of carboxylic acids is 1. The van der Waals surface area contributed by atoms with Crippen LogP contribution in [0.1, 0.15) is 28.8 Å². The van der Waals surface area contributed by atoms with E-state index in [1.54, 1.807) is 12.1 Å². The van der Waals surface area contributed by atoms with Crippen molar-refractivity contribution in [2.45, 2.75) is 19.3 Å². The molecule has 1 aliphatic rings. The molecule has 0 fully saturated rings. The highest BCUT2D eigenvalue weighted by Crippen LogP contribution is 2.28. The Balaban J connectivity index is 2.23. The van der Waals surface area contributed by atoms with Crippen LogP contribution < -0.4 is 4.90 Å². The summed E-state index contributed by atoms with van der Waals surface area (Å²) in [6.45, 7) is 2.01. The molecule has 1 aliphatic heterocycles. The first-order valence-electron chi connectivity index (χ1n) is 5.94. The molecule has 4 heteroatoms. The van der Waals surface area contributed by atoms with Gasteiger partial charge in [0.15, 0.2) is 0 Å². The summed E-state index contributed by atoms with van der Waals surface area (Å²) in [5.41, 5.74) is 2.58. The predicted octanol–water partition coefficient (Wildman–Crippen LogP) is 1.52. The molecule has 0 unspecified atom stereocenters. The second-order valence-corrected chi connectivity index (χ2v) is 4.32. The second kappa shape index (κ2) is 5.19. The molecule has 2 N–H and O–H groups in total. The molecule has 0 spiro atoms. The lowest BCUT2D eigenvalue weighted by atomic mass is 9.99. The van der Waals surface area contributed by atoms with Crippen molar-refractivity contribution in [1.82, 2.24) is 0 Å². The smallest absolute Gasteiger partial charge is 0.335 e. The number of aryl methyl sites for hydroxylation is 1. The van der Waals surface area contributed by atoms with E-state index < -0.39 is 5.97 Å². The minimum Gasteiger partial charge on any atom is -0.478 e. The highest BCUT2D eigenvalue weighted by molar-refractivity contribution is 5.88. The number of aromatic carboxylic acids is 1. The standard InChI is InChI=1S/C13H17NO3/c15-8-2-7-14-6-1-3-10-9-11(13(16)17)4-5-12(10)14/h4-5,9,15H,1-3,6-8H2,(H,16,17). The van der Waals surface area contributed by atoms with Gasteiger partial charge in [0.25, 0.3) is 0 Å². The van der Waals surface area contributed by atoms with Crippen LogP contribution in [0.5, 0.6) is 0 Å². The Labute approximate surface area is 100 Å². The number of aliphatic hydroxyl groups excluding tert-OH is 1. The van der Waals surface area contributed by atoms with E-state index in [-0.39, 0.29) is 6.61 Å². The quantitative estimate of drug-likeness (QED) is 0.830. The fourth-order valence-corrected chi connectivity index (χ4v) is 2.30. The van der Waals surface area contributed by atoms with Crippen LogP contribution in [0.4, 0.5) is 5.69 Å². The molecule has 0 bridgehead atoms. The molecule has 0 aromatic heterocycles. The monoisotopic (exact) mass is 235 g/mol. The number of carbonyl (C=O) groups is 1. The molecule has 17 heavy (non-hydrogen) atoms. The van der Waals surface area contributed by atoms with Gasteiger partial charge in [0, 0.05) is 25.4 Å². The molecule has 1 aromatic rings. The summed E-state index contributed by atoms with van der Waals surface area (Å²) in [4.78, 5) is 13.1. The molecule has 92 valence electrons. The fraction of sp³-hybridized carbons (Fsp3) is 0.462. The van der Waals surface area contributed by atoms with Crippen molar-refractivity contribution in [3.05, 3.63) is 29.3 Å². The van der Waals surface area contributed by atoms with E-state index in [4.69, 9.17) is 10.2 Å². The van der Waals surface area contributed by atoms with Crippen LogP contribution >= 0.6 is 0 Å². The zero-order valence-corrected chi connectivity index (χ0v) is 9.72. The highest BCUT2D eigenvalue weighted by Gasteiger charge is 2.17. The SMILES string of the molecule is O=C(O)c1ccc2c(c1)CCCN2CCCO. The van der Waals surface area contributed by atoms with Crippen LogP contribution in [-0.4, -0.2) is 35.9 Å². The Morgan fingerprint density at radius 1 is 1.41 bits per heavy atom. The summed E-state index contributed by atoms with van der Waals surface area (Å²) in [6, 6.07) is 5.30. The Morgan fingerprint density at radius 2 is 2.24 bits per heavy atom. The molecular formula is C13H17NO3. The average Bonchev–Trinajstić information content (AvgIpc) is 2.35. The van der Waals surface area contributed by atoms with Crippen LogP contribution in [0.15, 0.2) is 18.2 Å². The van der Waals surface area contributed by atoms with Gasteiger partial charge in [0.05, 0.1) is 5.56 Å². The van der Waals surface area contributed by atoms with Gasteiger partial charge in [0.1, 0.15) is 0 Å². The second-order valence-electron chi connectivity index (χ2n) is 4.32. The molecule has 2 rings (SSSR count). The van der Waals surface area contributed by atoms with Crippen molar-refractivity contribution in [2.24, 2.45) is 0 Å². The first kappa shape index (κ1) is 11.9. The maximum absolute atomic E-state index is 10.9. The van der Waals surface area contributed by atoms with Gasteiger partial charge in [-0.3, -0.25) is 0 Å². The minimum absolute atomic E-state index is 0.193. The lowest BCUT2D eigenvalue weighted by molar-refractivity contribution is 0.0697. The van der Waals surface area contributed by atoms with E-state index in [0.717, 1.165) is 43.6 Å². The summed E-state index contributed by atoms with van der Waals surface area (Å²) >= 11 is 0. The Bertz CT molecular complexity index is 417. The summed E-state index contributed by atoms with van der Waals surface area (Å²) in [7, 11) is 0. The zero-order chi connectivity index (χ0) is 12.3. The van der Waals surface area contributed by atoms with Crippen molar-refractivity contribution >= 4 is 11.7 Å². The number of aliphatic hydroxyl groups is 1. The number of rotatable bonds is 4. The lowest BCUT2D eigenvalue weighted by Crippen LogP contribution is -2.30. The number of hydrogen-bond acceptors (Lipinski definition) is 3. The highest BCUT2D eigenvalue weighted by atomic mass is 16.4. The van der Waals surface area contributed by atoms with Gasteiger partial charge in [-0.2, -0.15) is 0 Å². The number of fused-ring (bicyclic) bond motifs is 1. The van der Waals surface area contributed by atoms with Gasteiger partial charge in [-0.15, -0.1) is 0 Å². The van der Waals surface area contributed by atoms with E-state index in [1.807, 2.05) is 6.07 Å².